The van der Waals surface area contributed by atoms with Crippen molar-refractivity contribution in [2.75, 3.05) is 17.1 Å². The summed E-state index contributed by atoms with van der Waals surface area (Å²) in [6, 6.07) is 23.0. The molecule has 0 aliphatic heterocycles. The molecule has 0 spiro atoms. The van der Waals surface area contributed by atoms with Crippen molar-refractivity contribution in [1.82, 2.24) is 10.2 Å². The third-order valence-corrected chi connectivity index (χ3v) is 8.81. The Kier molecular flexibility index (Phi) is 10.5. The van der Waals surface area contributed by atoms with Crippen LogP contribution in [0.1, 0.15) is 48.8 Å². The lowest BCUT2D eigenvalue weighted by Crippen LogP contribution is -2.55. The topological polar surface area (TPSA) is 86.8 Å². The van der Waals surface area contributed by atoms with Gasteiger partial charge in [-0.15, -0.1) is 0 Å². The normalized spacial score (nSPS) is 14.7. The first-order valence-electron chi connectivity index (χ1n) is 14.0. The van der Waals surface area contributed by atoms with Crippen LogP contribution < -0.4 is 9.62 Å². The first-order valence-corrected chi connectivity index (χ1v) is 16.3. The lowest BCUT2D eigenvalue weighted by atomic mass is 9.94. The number of rotatable bonds is 11. The Morgan fingerprint density at radius 1 is 0.927 bits per heavy atom. The van der Waals surface area contributed by atoms with Crippen molar-refractivity contribution in [2.45, 2.75) is 64.1 Å². The van der Waals surface area contributed by atoms with Crippen LogP contribution in [0.2, 0.25) is 5.02 Å². The van der Waals surface area contributed by atoms with Gasteiger partial charge in [0.25, 0.3) is 0 Å². The molecule has 0 saturated heterocycles. The fraction of sp³-hybridized carbons (Fsp3) is 0.375. The molecule has 3 aromatic rings. The molecule has 0 heterocycles. The smallest absolute Gasteiger partial charge is 0.244 e. The molecular weight excluding hydrogens is 558 g/mol. The average molecular weight is 596 g/mol. The number of aryl methyl sites for hydroxylation is 1. The molecule has 41 heavy (non-hydrogen) atoms. The number of halogens is 1. The largest absolute Gasteiger partial charge is 0.352 e. The number of hydrogen-bond acceptors (Lipinski definition) is 4. The standard InChI is InChI=1S/C32H38ClN3O4S/c1-24-11-9-14-26(19-24)22-35(31(37)23-36(41(2,39)40)29-18-10-15-27(33)21-29)30(20-25-12-5-3-6-13-25)32(38)34-28-16-7-4-8-17-28/h3,5-6,9-15,18-19,21,28,30H,4,7-8,16-17,20,22-23H2,1-2H3,(H,34,38). The van der Waals surface area contributed by atoms with Crippen molar-refractivity contribution in [1.29, 1.82) is 0 Å². The number of carbonyl (C=O) groups excluding carboxylic acids is 2. The van der Waals surface area contributed by atoms with Gasteiger partial charge in [0.15, 0.2) is 0 Å². The Labute approximate surface area is 248 Å². The maximum atomic E-state index is 14.2. The lowest BCUT2D eigenvalue weighted by molar-refractivity contribution is -0.140. The summed E-state index contributed by atoms with van der Waals surface area (Å²) in [5.74, 6) is -0.702. The van der Waals surface area contributed by atoms with Crippen LogP contribution in [0.3, 0.4) is 0 Å². The maximum Gasteiger partial charge on any atom is 0.244 e. The summed E-state index contributed by atoms with van der Waals surface area (Å²) < 4.78 is 26.8. The summed E-state index contributed by atoms with van der Waals surface area (Å²) in [4.78, 5) is 29.7. The Hall–Kier alpha value is -3.36. The van der Waals surface area contributed by atoms with E-state index in [0.29, 0.717) is 11.4 Å². The van der Waals surface area contributed by atoms with Crippen molar-refractivity contribution in [3.63, 3.8) is 0 Å². The van der Waals surface area contributed by atoms with Crippen molar-refractivity contribution in [2.24, 2.45) is 0 Å². The molecule has 1 fully saturated rings. The van der Waals surface area contributed by atoms with Crippen molar-refractivity contribution in [3.8, 4) is 0 Å². The summed E-state index contributed by atoms with van der Waals surface area (Å²) in [6.07, 6.45) is 6.45. The summed E-state index contributed by atoms with van der Waals surface area (Å²) >= 11 is 6.17. The molecule has 218 valence electrons. The Balaban J connectivity index is 1.72. The van der Waals surface area contributed by atoms with Crippen LogP contribution in [0.25, 0.3) is 0 Å². The van der Waals surface area contributed by atoms with Gasteiger partial charge < -0.3 is 10.2 Å². The first kappa shape index (κ1) is 30.6. The predicted octanol–water partition coefficient (Wildman–Crippen LogP) is 5.50. The predicted molar refractivity (Wildman–Crippen MR) is 164 cm³/mol. The second kappa shape index (κ2) is 14.0. The molecule has 1 unspecified atom stereocenters. The maximum absolute atomic E-state index is 14.2. The summed E-state index contributed by atoms with van der Waals surface area (Å²) in [6.45, 7) is 1.66. The fourth-order valence-electron chi connectivity index (χ4n) is 5.35. The van der Waals surface area contributed by atoms with Gasteiger partial charge in [0.05, 0.1) is 11.9 Å². The molecule has 1 atom stereocenters. The number of nitrogens with zero attached hydrogens (tertiary/aromatic N) is 2. The molecule has 9 heteroatoms. The molecule has 2 amide bonds. The van der Waals surface area contributed by atoms with Gasteiger partial charge in [0, 0.05) is 24.0 Å². The van der Waals surface area contributed by atoms with Crippen LogP contribution >= 0.6 is 11.6 Å². The van der Waals surface area contributed by atoms with E-state index in [2.05, 4.69) is 5.32 Å². The zero-order valence-electron chi connectivity index (χ0n) is 23.6. The number of nitrogens with one attached hydrogen (secondary N) is 1. The number of hydrogen-bond donors (Lipinski definition) is 1. The van der Waals surface area contributed by atoms with Gasteiger partial charge >= 0.3 is 0 Å². The summed E-state index contributed by atoms with van der Waals surface area (Å²) in [7, 11) is -3.84. The molecule has 0 radical (unpaired) electrons. The minimum atomic E-state index is -3.84. The van der Waals surface area contributed by atoms with E-state index in [9.17, 15) is 18.0 Å². The van der Waals surface area contributed by atoms with Gasteiger partial charge in [0.2, 0.25) is 21.8 Å². The molecule has 1 aliphatic rings. The number of benzene rings is 3. The van der Waals surface area contributed by atoms with E-state index in [1.165, 1.54) is 11.0 Å². The Morgan fingerprint density at radius 3 is 2.27 bits per heavy atom. The average Bonchev–Trinajstić information content (AvgIpc) is 2.94. The van der Waals surface area contributed by atoms with Gasteiger partial charge in [-0.25, -0.2) is 8.42 Å². The third kappa shape index (κ3) is 8.81. The van der Waals surface area contributed by atoms with Gasteiger partial charge in [0.1, 0.15) is 12.6 Å². The highest BCUT2D eigenvalue weighted by molar-refractivity contribution is 7.92. The fourth-order valence-corrected chi connectivity index (χ4v) is 6.38. The molecular formula is C32H38ClN3O4S. The minimum Gasteiger partial charge on any atom is -0.352 e. The van der Waals surface area contributed by atoms with Crippen molar-refractivity contribution < 1.29 is 18.0 Å². The van der Waals surface area contributed by atoms with E-state index in [4.69, 9.17) is 11.6 Å². The monoisotopic (exact) mass is 595 g/mol. The number of sulfonamides is 1. The van der Waals surface area contributed by atoms with Crippen LogP contribution in [0.15, 0.2) is 78.9 Å². The molecule has 4 rings (SSSR count). The van der Waals surface area contributed by atoms with Gasteiger partial charge in [-0.05, 0) is 49.1 Å². The van der Waals surface area contributed by atoms with E-state index in [1.54, 1.807) is 18.2 Å². The summed E-state index contributed by atoms with van der Waals surface area (Å²) in [5.41, 5.74) is 3.08. The highest BCUT2D eigenvalue weighted by atomic mass is 35.5. The first-order chi connectivity index (χ1) is 19.6. The molecule has 1 N–H and O–H groups in total. The highest BCUT2D eigenvalue weighted by Crippen LogP contribution is 2.24. The molecule has 0 aromatic heterocycles. The van der Waals surface area contributed by atoms with E-state index in [0.717, 1.165) is 59.4 Å². The minimum absolute atomic E-state index is 0.0597. The Morgan fingerprint density at radius 2 is 1.61 bits per heavy atom. The molecule has 1 saturated carbocycles. The van der Waals surface area contributed by atoms with Gasteiger partial charge in [-0.1, -0.05) is 97.1 Å². The second-order valence-corrected chi connectivity index (χ2v) is 13.2. The number of carbonyl (C=O) groups is 2. The van der Waals surface area contributed by atoms with Crippen LogP contribution in [0, 0.1) is 6.92 Å². The second-order valence-electron chi connectivity index (χ2n) is 10.8. The van der Waals surface area contributed by atoms with Crippen LogP contribution in [0.4, 0.5) is 5.69 Å². The third-order valence-electron chi connectivity index (χ3n) is 7.43. The number of anilines is 1. The zero-order chi connectivity index (χ0) is 29.4. The van der Waals surface area contributed by atoms with Crippen LogP contribution in [0.5, 0.6) is 0 Å². The zero-order valence-corrected chi connectivity index (χ0v) is 25.2. The van der Waals surface area contributed by atoms with E-state index in [-0.39, 0.29) is 24.2 Å². The molecule has 0 bridgehead atoms. The van der Waals surface area contributed by atoms with E-state index >= 15 is 0 Å². The van der Waals surface area contributed by atoms with Crippen molar-refractivity contribution in [3.05, 3.63) is 101 Å². The quantitative estimate of drug-likeness (QED) is 0.317. The highest BCUT2D eigenvalue weighted by Gasteiger charge is 2.34. The van der Waals surface area contributed by atoms with E-state index < -0.39 is 28.5 Å². The van der Waals surface area contributed by atoms with E-state index in [1.807, 2.05) is 61.5 Å². The Bertz CT molecular complexity index is 1440. The van der Waals surface area contributed by atoms with Gasteiger partial charge in [-0.3, -0.25) is 13.9 Å². The SMILES string of the molecule is Cc1cccc(CN(C(=O)CN(c2cccc(Cl)c2)S(C)(=O)=O)C(Cc2ccccc2)C(=O)NC2CCCCC2)c1. The lowest BCUT2D eigenvalue weighted by Gasteiger charge is -2.35. The van der Waals surface area contributed by atoms with Gasteiger partial charge in [-0.2, -0.15) is 0 Å². The number of amides is 2. The molecule has 7 nitrogen and oxygen atoms in total. The van der Waals surface area contributed by atoms with Crippen LogP contribution in [-0.2, 0) is 32.6 Å². The van der Waals surface area contributed by atoms with Crippen molar-refractivity contribution >= 4 is 39.1 Å². The molecule has 1 aliphatic carbocycles. The summed E-state index contributed by atoms with van der Waals surface area (Å²) in [5, 5.41) is 3.57. The molecule has 3 aromatic carbocycles. The van der Waals surface area contributed by atoms with Crippen LogP contribution in [-0.4, -0.2) is 50.0 Å².